The molecule has 2 aromatic rings. The lowest BCUT2D eigenvalue weighted by atomic mass is 10.1. The molecule has 1 amide bonds. The van der Waals surface area contributed by atoms with Crippen molar-refractivity contribution in [1.29, 1.82) is 0 Å². The molecule has 1 aromatic heterocycles. The van der Waals surface area contributed by atoms with Gasteiger partial charge in [-0.1, -0.05) is 13.0 Å². The van der Waals surface area contributed by atoms with Crippen molar-refractivity contribution in [2.45, 2.75) is 39.8 Å². The van der Waals surface area contributed by atoms with Gasteiger partial charge < -0.3 is 5.32 Å². The molecule has 2 rings (SSSR count). The molecule has 0 fully saturated rings. The molecule has 6 nitrogen and oxygen atoms in total. The van der Waals surface area contributed by atoms with Gasteiger partial charge in [0.05, 0.1) is 11.9 Å². The largest absolute Gasteiger partial charge is 0.350 e. The zero-order valence-corrected chi connectivity index (χ0v) is 16.4. The molecule has 1 N–H and O–H groups in total. The number of anilines is 1. The van der Waals surface area contributed by atoms with E-state index in [-0.39, 0.29) is 5.91 Å². The van der Waals surface area contributed by atoms with Crippen molar-refractivity contribution in [2.24, 2.45) is 0 Å². The summed E-state index contributed by atoms with van der Waals surface area (Å²) in [5.74, 6) is -0.326. The Hall–Kier alpha value is -2.41. The van der Waals surface area contributed by atoms with Crippen molar-refractivity contribution >= 4 is 21.6 Å². The first-order chi connectivity index (χ1) is 12.2. The maximum atomic E-state index is 12.7. The van der Waals surface area contributed by atoms with E-state index in [1.54, 1.807) is 43.6 Å². The number of hydrogen-bond donors (Lipinski definition) is 1. The SMILES string of the molecule is CC[C@H](C(=O)NCc1ccncc1)N(c1ccc(C)c(C)c1)S(C)(=O)=O. The highest BCUT2D eigenvalue weighted by Crippen LogP contribution is 2.25. The molecule has 0 radical (unpaired) electrons. The average molecular weight is 375 g/mol. The molecule has 1 aromatic carbocycles. The van der Waals surface area contributed by atoms with E-state index in [1.807, 2.05) is 19.9 Å². The van der Waals surface area contributed by atoms with E-state index in [9.17, 15) is 13.2 Å². The van der Waals surface area contributed by atoms with Gasteiger partial charge in [0.2, 0.25) is 15.9 Å². The van der Waals surface area contributed by atoms with E-state index in [2.05, 4.69) is 10.3 Å². The number of carbonyl (C=O) groups excluding carboxylic acids is 1. The van der Waals surface area contributed by atoms with Gasteiger partial charge >= 0.3 is 0 Å². The lowest BCUT2D eigenvalue weighted by molar-refractivity contribution is -0.122. The van der Waals surface area contributed by atoms with Crippen LogP contribution in [0.2, 0.25) is 0 Å². The number of benzene rings is 1. The Bertz CT molecular complexity index is 867. The van der Waals surface area contributed by atoms with Gasteiger partial charge in [-0.3, -0.25) is 14.1 Å². The Labute approximate surface area is 155 Å². The van der Waals surface area contributed by atoms with Gasteiger partial charge in [-0.2, -0.15) is 0 Å². The third-order valence-corrected chi connectivity index (χ3v) is 5.47. The lowest BCUT2D eigenvalue weighted by Crippen LogP contribution is -2.49. The second-order valence-electron chi connectivity index (χ2n) is 6.32. The maximum Gasteiger partial charge on any atom is 0.244 e. The molecule has 0 aliphatic rings. The van der Waals surface area contributed by atoms with Gasteiger partial charge in [0.1, 0.15) is 6.04 Å². The van der Waals surface area contributed by atoms with Crippen LogP contribution in [0.1, 0.15) is 30.0 Å². The van der Waals surface area contributed by atoms with Crippen molar-refractivity contribution in [1.82, 2.24) is 10.3 Å². The fourth-order valence-electron chi connectivity index (χ4n) is 2.73. The number of sulfonamides is 1. The van der Waals surface area contributed by atoms with Gasteiger partial charge in [0, 0.05) is 18.9 Å². The number of amides is 1. The quantitative estimate of drug-likeness (QED) is 0.807. The standard InChI is InChI=1S/C19H25N3O3S/c1-5-18(19(23)21-13-16-8-10-20-11-9-16)22(26(4,24)25)17-7-6-14(2)15(3)12-17/h6-12,18H,5,13H2,1-4H3,(H,21,23)/t18-/m1/s1. The highest BCUT2D eigenvalue weighted by Gasteiger charge is 2.31. The average Bonchev–Trinajstić information content (AvgIpc) is 2.60. The number of pyridine rings is 1. The number of carbonyl (C=O) groups is 1. The number of rotatable bonds is 7. The zero-order chi connectivity index (χ0) is 19.3. The van der Waals surface area contributed by atoms with Crippen LogP contribution in [0.25, 0.3) is 0 Å². The number of nitrogens with zero attached hydrogens (tertiary/aromatic N) is 2. The van der Waals surface area contributed by atoms with Gasteiger partial charge in [0.15, 0.2) is 0 Å². The summed E-state index contributed by atoms with van der Waals surface area (Å²) in [7, 11) is -3.62. The van der Waals surface area contributed by atoms with Crippen molar-refractivity contribution < 1.29 is 13.2 Å². The molecular weight excluding hydrogens is 350 g/mol. The first-order valence-electron chi connectivity index (χ1n) is 8.47. The minimum absolute atomic E-state index is 0.322. The van der Waals surface area contributed by atoms with E-state index in [0.717, 1.165) is 22.9 Å². The Morgan fingerprint density at radius 3 is 2.35 bits per heavy atom. The topological polar surface area (TPSA) is 79.4 Å². The fourth-order valence-corrected chi connectivity index (χ4v) is 3.93. The monoisotopic (exact) mass is 375 g/mol. The Morgan fingerprint density at radius 1 is 1.15 bits per heavy atom. The van der Waals surface area contributed by atoms with E-state index in [1.165, 1.54) is 4.31 Å². The summed E-state index contributed by atoms with van der Waals surface area (Å²) < 4.78 is 26.1. The molecule has 0 aliphatic heterocycles. The highest BCUT2D eigenvalue weighted by atomic mass is 32.2. The summed E-state index contributed by atoms with van der Waals surface area (Å²) in [4.78, 5) is 16.7. The predicted molar refractivity (Wildman–Crippen MR) is 103 cm³/mol. The molecule has 1 atom stereocenters. The Kier molecular flexibility index (Phi) is 6.37. The Balaban J connectivity index is 2.29. The van der Waals surface area contributed by atoms with Crippen LogP contribution in [0.4, 0.5) is 5.69 Å². The van der Waals surface area contributed by atoms with Crippen molar-refractivity contribution in [2.75, 3.05) is 10.6 Å². The van der Waals surface area contributed by atoms with Crippen LogP contribution in [-0.4, -0.2) is 31.6 Å². The number of aryl methyl sites for hydroxylation is 2. The summed E-state index contributed by atoms with van der Waals surface area (Å²) in [5, 5.41) is 2.83. The van der Waals surface area contributed by atoms with Gasteiger partial charge in [-0.25, -0.2) is 8.42 Å². The molecule has 26 heavy (non-hydrogen) atoms. The summed E-state index contributed by atoms with van der Waals surface area (Å²) in [6, 6.07) is 8.20. The van der Waals surface area contributed by atoms with Crippen molar-refractivity contribution in [3.05, 3.63) is 59.4 Å². The fraction of sp³-hybridized carbons (Fsp3) is 0.368. The lowest BCUT2D eigenvalue weighted by Gasteiger charge is -2.30. The molecule has 140 valence electrons. The predicted octanol–water partition coefficient (Wildman–Crippen LogP) is 2.56. The smallest absolute Gasteiger partial charge is 0.244 e. The number of hydrogen-bond acceptors (Lipinski definition) is 4. The molecule has 0 spiro atoms. The van der Waals surface area contributed by atoms with Gasteiger partial charge in [-0.15, -0.1) is 0 Å². The third kappa shape index (κ3) is 4.82. The van der Waals surface area contributed by atoms with Crippen molar-refractivity contribution in [3.8, 4) is 0 Å². The molecule has 0 bridgehead atoms. The summed E-state index contributed by atoms with van der Waals surface area (Å²) in [6.45, 7) is 6.00. The zero-order valence-electron chi connectivity index (χ0n) is 15.6. The Morgan fingerprint density at radius 2 is 1.81 bits per heavy atom. The van der Waals surface area contributed by atoms with Crippen LogP contribution in [-0.2, 0) is 21.4 Å². The number of nitrogens with one attached hydrogen (secondary N) is 1. The van der Waals surface area contributed by atoms with Gasteiger partial charge in [0.25, 0.3) is 0 Å². The van der Waals surface area contributed by atoms with E-state index < -0.39 is 16.1 Å². The minimum Gasteiger partial charge on any atom is -0.350 e. The first-order valence-corrected chi connectivity index (χ1v) is 10.3. The third-order valence-electron chi connectivity index (χ3n) is 4.29. The van der Waals surface area contributed by atoms with Crippen molar-refractivity contribution in [3.63, 3.8) is 0 Å². The molecule has 0 unspecified atom stereocenters. The first kappa shape index (κ1) is 19.9. The molecule has 7 heteroatoms. The minimum atomic E-state index is -3.62. The van der Waals surface area contributed by atoms with Gasteiger partial charge in [-0.05, 0) is 61.2 Å². The summed E-state index contributed by atoms with van der Waals surface area (Å²) in [5.41, 5.74) is 3.45. The van der Waals surface area contributed by atoms with Crippen LogP contribution in [0, 0.1) is 13.8 Å². The van der Waals surface area contributed by atoms with E-state index >= 15 is 0 Å². The van der Waals surface area contributed by atoms with Crippen LogP contribution in [0.15, 0.2) is 42.7 Å². The van der Waals surface area contributed by atoms with Crippen LogP contribution in [0.3, 0.4) is 0 Å². The second kappa shape index (κ2) is 8.31. The van der Waals surface area contributed by atoms with E-state index in [0.29, 0.717) is 18.7 Å². The van der Waals surface area contributed by atoms with Crippen LogP contribution >= 0.6 is 0 Å². The van der Waals surface area contributed by atoms with Crippen LogP contribution < -0.4 is 9.62 Å². The molecule has 0 saturated heterocycles. The molecular formula is C19H25N3O3S. The number of aromatic nitrogens is 1. The maximum absolute atomic E-state index is 12.7. The normalized spacial score (nSPS) is 12.5. The molecule has 1 heterocycles. The summed E-state index contributed by atoms with van der Waals surface area (Å²) in [6.07, 6.45) is 4.79. The van der Waals surface area contributed by atoms with Crippen LogP contribution in [0.5, 0.6) is 0 Å². The van der Waals surface area contributed by atoms with E-state index in [4.69, 9.17) is 0 Å². The summed E-state index contributed by atoms with van der Waals surface area (Å²) >= 11 is 0. The highest BCUT2D eigenvalue weighted by molar-refractivity contribution is 7.92. The second-order valence-corrected chi connectivity index (χ2v) is 8.18. The molecule has 0 saturated carbocycles. The molecule has 0 aliphatic carbocycles.